The van der Waals surface area contributed by atoms with Crippen LogP contribution in [0.1, 0.15) is 0 Å². The lowest BCUT2D eigenvalue weighted by Gasteiger charge is -2.10. The van der Waals surface area contributed by atoms with Crippen molar-refractivity contribution in [2.75, 3.05) is 5.32 Å². The van der Waals surface area contributed by atoms with Crippen molar-refractivity contribution >= 4 is 49.2 Å². The molecule has 0 atom stereocenters. The van der Waals surface area contributed by atoms with E-state index in [2.05, 4.69) is 36.2 Å². The topological polar surface area (TPSA) is 50.7 Å². The van der Waals surface area contributed by atoms with E-state index in [1.54, 1.807) is 24.3 Å². The minimum Gasteiger partial charge on any atom is -0.340 e. The third-order valence-corrected chi connectivity index (χ3v) is 4.02. The highest BCUT2D eigenvalue weighted by Crippen LogP contribution is 2.29. The van der Waals surface area contributed by atoms with Gasteiger partial charge in [0.1, 0.15) is 23.8 Å². The van der Waals surface area contributed by atoms with Gasteiger partial charge in [0.25, 0.3) is 0 Å². The van der Waals surface area contributed by atoms with Gasteiger partial charge in [0.05, 0.1) is 22.6 Å². The number of benzene rings is 2. The number of anilines is 2. The fraction of sp³-hybridized carbons (Fsp3) is 0. The Morgan fingerprint density at radius 3 is 2.67 bits per heavy atom. The minimum atomic E-state index is -0.434. The summed E-state index contributed by atoms with van der Waals surface area (Å²) in [5.41, 5.74) is 1.80. The molecule has 0 bridgehead atoms. The van der Waals surface area contributed by atoms with Gasteiger partial charge in [-0.15, -0.1) is 0 Å². The molecule has 2 aromatic heterocycles. The van der Waals surface area contributed by atoms with Crippen LogP contribution in [0.4, 0.5) is 20.3 Å². The second-order valence-corrected chi connectivity index (χ2v) is 6.11. The van der Waals surface area contributed by atoms with E-state index in [9.17, 15) is 8.78 Å². The van der Waals surface area contributed by atoms with Crippen LogP contribution in [-0.4, -0.2) is 15.0 Å². The summed E-state index contributed by atoms with van der Waals surface area (Å²) >= 11 is 3.25. The monoisotopic (exact) mass is 386 g/mol. The molecule has 2 aromatic carbocycles. The van der Waals surface area contributed by atoms with Gasteiger partial charge < -0.3 is 5.32 Å². The lowest BCUT2D eigenvalue weighted by atomic mass is 10.2. The molecule has 0 saturated heterocycles. The lowest BCUT2D eigenvalue weighted by Crippen LogP contribution is -1.98. The van der Waals surface area contributed by atoms with E-state index in [0.29, 0.717) is 32.4 Å². The van der Waals surface area contributed by atoms with Gasteiger partial charge in [-0.05, 0) is 36.4 Å². The summed E-state index contributed by atoms with van der Waals surface area (Å²) in [5, 5.41) is 3.99. The Bertz CT molecular complexity index is 1080. The molecule has 0 fully saturated rings. The molecule has 1 N–H and O–H groups in total. The van der Waals surface area contributed by atoms with E-state index in [1.807, 2.05) is 0 Å². The highest BCUT2D eigenvalue weighted by atomic mass is 79.9. The largest absolute Gasteiger partial charge is 0.340 e. The molecular formula is C17H9BrF2N4. The number of rotatable bonds is 2. The molecule has 0 aliphatic heterocycles. The van der Waals surface area contributed by atoms with E-state index in [4.69, 9.17) is 0 Å². The summed E-state index contributed by atoms with van der Waals surface area (Å²) < 4.78 is 28.2. The molecule has 0 amide bonds. The standard InChI is InChI=1S/C17H9BrF2N4/c18-10-5-13(20)16-15(6-10)22-8-23-17(16)24-12-1-2-14-9(4-12)3-11(19)7-21-14/h1-8H,(H,22,23,24). The number of halogens is 3. The third-order valence-electron chi connectivity index (χ3n) is 3.57. The van der Waals surface area contributed by atoms with E-state index >= 15 is 0 Å². The predicted octanol–water partition coefficient (Wildman–Crippen LogP) is 4.96. The molecule has 2 heterocycles. The number of nitrogens with one attached hydrogen (secondary N) is 1. The molecule has 4 nitrogen and oxygen atoms in total. The van der Waals surface area contributed by atoms with Crippen LogP contribution in [0.15, 0.2) is 53.4 Å². The van der Waals surface area contributed by atoms with Crippen molar-refractivity contribution in [1.82, 2.24) is 15.0 Å². The average molecular weight is 387 g/mol. The van der Waals surface area contributed by atoms with Gasteiger partial charge in [0.15, 0.2) is 0 Å². The maximum Gasteiger partial charge on any atom is 0.144 e. The zero-order chi connectivity index (χ0) is 16.7. The van der Waals surface area contributed by atoms with Crippen LogP contribution >= 0.6 is 15.9 Å². The molecule has 0 unspecified atom stereocenters. The van der Waals surface area contributed by atoms with Gasteiger partial charge in [-0.3, -0.25) is 4.98 Å². The third kappa shape index (κ3) is 2.67. The molecule has 4 aromatic rings. The van der Waals surface area contributed by atoms with Crippen molar-refractivity contribution < 1.29 is 8.78 Å². The van der Waals surface area contributed by atoms with E-state index in [0.717, 1.165) is 0 Å². The van der Waals surface area contributed by atoms with Gasteiger partial charge in [-0.25, -0.2) is 18.7 Å². The first-order valence-corrected chi connectivity index (χ1v) is 7.81. The van der Waals surface area contributed by atoms with Gasteiger partial charge in [0.2, 0.25) is 0 Å². The second kappa shape index (κ2) is 5.76. The number of nitrogens with zero attached hydrogens (tertiary/aromatic N) is 3. The van der Waals surface area contributed by atoms with Crippen LogP contribution in [0, 0.1) is 11.6 Å². The van der Waals surface area contributed by atoms with E-state index in [-0.39, 0.29) is 5.39 Å². The summed E-state index contributed by atoms with van der Waals surface area (Å²) in [6.45, 7) is 0. The van der Waals surface area contributed by atoms with Crippen LogP contribution in [-0.2, 0) is 0 Å². The number of aromatic nitrogens is 3. The fourth-order valence-electron chi connectivity index (χ4n) is 2.52. The van der Waals surface area contributed by atoms with E-state index in [1.165, 1.54) is 24.7 Å². The summed E-state index contributed by atoms with van der Waals surface area (Å²) in [6.07, 6.45) is 2.53. The summed E-state index contributed by atoms with van der Waals surface area (Å²) in [5.74, 6) is -0.507. The van der Waals surface area contributed by atoms with Crippen molar-refractivity contribution in [2.45, 2.75) is 0 Å². The van der Waals surface area contributed by atoms with Crippen molar-refractivity contribution in [1.29, 1.82) is 0 Å². The second-order valence-electron chi connectivity index (χ2n) is 5.19. The van der Waals surface area contributed by atoms with Crippen molar-refractivity contribution in [3.05, 3.63) is 65.0 Å². The maximum absolute atomic E-state index is 14.3. The first-order valence-electron chi connectivity index (χ1n) is 7.02. The number of hydrogen-bond donors (Lipinski definition) is 1. The summed E-state index contributed by atoms with van der Waals surface area (Å²) in [6, 6.07) is 9.73. The minimum absolute atomic E-state index is 0.290. The molecular weight excluding hydrogens is 378 g/mol. The molecule has 0 aliphatic carbocycles. The van der Waals surface area contributed by atoms with Crippen LogP contribution < -0.4 is 5.32 Å². The first kappa shape index (κ1) is 14.9. The van der Waals surface area contributed by atoms with Gasteiger partial charge in [0, 0.05) is 15.5 Å². The zero-order valence-electron chi connectivity index (χ0n) is 12.1. The highest BCUT2D eigenvalue weighted by Gasteiger charge is 2.11. The normalized spacial score (nSPS) is 11.1. The molecule has 7 heteroatoms. The summed E-state index contributed by atoms with van der Waals surface area (Å²) in [7, 11) is 0. The van der Waals surface area contributed by atoms with Crippen LogP contribution in [0.2, 0.25) is 0 Å². The van der Waals surface area contributed by atoms with Crippen molar-refractivity contribution in [2.24, 2.45) is 0 Å². The van der Waals surface area contributed by atoms with Gasteiger partial charge in [-0.1, -0.05) is 15.9 Å². The average Bonchev–Trinajstić information content (AvgIpc) is 2.54. The van der Waals surface area contributed by atoms with Crippen LogP contribution in [0.25, 0.3) is 21.8 Å². The number of hydrogen-bond acceptors (Lipinski definition) is 4. The quantitative estimate of drug-likeness (QED) is 0.528. The molecule has 0 saturated carbocycles. The smallest absolute Gasteiger partial charge is 0.144 e. The first-order chi connectivity index (χ1) is 11.6. The van der Waals surface area contributed by atoms with Crippen molar-refractivity contribution in [3.63, 3.8) is 0 Å². The predicted molar refractivity (Wildman–Crippen MR) is 92.2 cm³/mol. The Balaban J connectivity index is 1.82. The Morgan fingerprint density at radius 1 is 0.917 bits per heavy atom. The fourth-order valence-corrected chi connectivity index (χ4v) is 2.94. The number of fused-ring (bicyclic) bond motifs is 2. The Labute approximate surface area is 143 Å². The Kier molecular flexibility index (Phi) is 3.57. The highest BCUT2D eigenvalue weighted by molar-refractivity contribution is 9.10. The molecule has 0 radical (unpaired) electrons. The lowest BCUT2D eigenvalue weighted by molar-refractivity contribution is 0.624. The zero-order valence-corrected chi connectivity index (χ0v) is 13.7. The molecule has 118 valence electrons. The summed E-state index contributed by atoms with van der Waals surface area (Å²) in [4.78, 5) is 12.2. The molecule has 24 heavy (non-hydrogen) atoms. The van der Waals surface area contributed by atoms with Gasteiger partial charge >= 0.3 is 0 Å². The van der Waals surface area contributed by atoms with E-state index < -0.39 is 11.6 Å². The molecule has 0 aliphatic rings. The molecule has 4 rings (SSSR count). The van der Waals surface area contributed by atoms with Crippen LogP contribution in [0.5, 0.6) is 0 Å². The SMILES string of the molecule is Fc1cnc2ccc(Nc3ncnc4cc(Br)cc(F)c34)cc2c1. The number of pyridine rings is 1. The molecule has 0 spiro atoms. The van der Waals surface area contributed by atoms with Gasteiger partial charge in [-0.2, -0.15) is 0 Å². The Hall–Kier alpha value is -2.67. The van der Waals surface area contributed by atoms with Crippen LogP contribution in [0.3, 0.4) is 0 Å². The Morgan fingerprint density at radius 2 is 1.79 bits per heavy atom. The van der Waals surface area contributed by atoms with Crippen molar-refractivity contribution in [3.8, 4) is 0 Å². The maximum atomic E-state index is 14.3.